The molecule has 2 rings (SSSR count). The second-order valence-corrected chi connectivity index (χ2v) is 12.4. The molecule has 220 valence electrons. The molecule has 8 nitrogen and oxygen atoms in total. The first kappa shape index (κ1) is 32.8. The number of hydrogen-bond donors (Lipinski definition) is 3. The SMILES string of the molecule is CCCCCCN(C(=O)C(CCSC)NC(=O)OC(C)(C)C)C(C(=O)NC1CCCCC1)c1ccccc1O. The average molecular weight is 564 g/mol. The van der Waals surface area contributed by atoms with Crippen molar-refractivity contribution in [1.29, 1.82) is 0 Å². The number of amides is 3. The molecule has 1 aliphatic carbocycles. The molecule has 3 amide bonds. The van der Waals surface area contributed by atoms with E-state index in [2.05, 4.69) is 17.6 Å². The number of ether oxygens (including phenoxy) is 1. The maximum absolute atomic E-state index is 14.2. The summed E-state index contributed by atoms with van der Waals surface area (Å²) in [5.74, 6) is -0.0363. The van der Waals surface area contributed by atoms with E-state index >= 15 is 0 Å². The molecule has 2 atom stereocenters. The van der Waals surface area contributed by atoms with Gasteiger partial charge in [0.2, 0.25) is 11.8 Å². The molecule has 1 aliphatic rings. The van der Waals surface area contributed by atoms with Crippen LogP contribution in [0.3, 0.4) is 0 Å². The summed E-state index contributed by atoms with van der Waals surface area (Å²) in [5, 5.41) is 16.8. The molecule has 1 saturated carbocycles. The zero-order chi connectivity index (χ0) is 28.8. The molecule has 0 radical (unpaired) electrons. The van der Waals surface area contributed by atoms with E-state index in [0.717, 1.165) is 51.4 Å². The summed E-state index contributed by atoms with van der Waals surface area (Å²) < 4.78 is 5.46. The molecular formula is C30H49N3O5S. The lowest BCUT2D eigenvalue weighted by Crippen LogP contribution is -2.54. The molecule has 39 heavy (non-hydrogen) atoms. The van der Waals surface area contributed by atoms with Gasteiger partial charge < -0.3 is 25.4 Å². The Hall–Kier alpha value is -2.42. The topological polar surface area (TPSA) is 108 Å². The number of aromatic hydroxyl groups is 1. The number of hydrogen-bond acceptors (Lipinski definition) is 6. The number of phenols is 1. The van der Waals surface area contributed by atoms with Gasteiger partial charge in [0.1, 0.15) is 23.4 Å². The van der Waals surface area contributed by atoms with Gasteiger partial charge in [-0.1, -0.05) is 63.6 Å². The van der Waals surface area contributed by atoms with Gasteiger partial charge in [-0.25, -0.2) is 4.79 Å². The van der Waals surface area contributed by atoms with Crippen molar-refractivity contribution in [3.8, 4) is 5.75 Å². The maximum Gasteiger partial charge on any atom is 0.408 e. The first-order valence-electron chi connectivity index (χ1n) is 14.4. The Labute approximate surface area is 239 Å². The zero-order valence-corrected chi connectivity index (χ0v) is 25.3. The lowest BCUT2D eigenvalue weighted by atomic mass is 9.94. The van der Waals surface area contributed by atoms with Gasteiger partial charge in [0.25, 0.3) is 0 Å². The van der Waals surface area contributed by atoms with E-state index in [-0.39, 0.29) is 23.6 Å². The van der Waals surface area contributed by atoms with Gasteiger partial charge in [-0.15, -0.1) is 0 Å². The fourth-order valence-corrected chi connectivity index (χ4v) is 5.39. The van der Waals surface area contributed by atoms with Crippen LogP contribution >= 0.6 is 11.8 Å². The van der Waals surface area contributed by atoms with Gasteiger partial charge in [-0.05, 0) is 64.5 Å². The Morgan fingerprint density at radius 2 is 1.79 bits per heavy atom. The second kappa shape index (κ2) is 16.6. The minimum Gasteiger partial charge on any atom is -0.508 e. The number of unbranched alkanes of at least 4 members (excludes halogenated alkanes) is 3. The second-order valence-electron chi connectivity index (χ2n) is 11.4. The van der Waals surface area contributed by atoms with Gasteiger partial charge >= 0.3 is 6.09 Å². The third-order valence-corrected chi connectivity index (χ3v) is 7.52. The predicted molar refractivity (Wildman–Crippen MR) is 158 cm³/mol. The summed E-state index contributed by atoms with van der Waals surface area (Å²) in [6.45, 7) is 7.77. The smallest absolute Gasteiger partial charge is 0.408 e. The highest BCUT2D eigenvalue weighted by Gasteiger charge is 2.37. The van der Waals surface area contributed by atoms with Gasteiger partial charge in [0.15, 0.2) is 0 Å². The van der Waals surface area contributed by atoms with Crippen molar-refractivity contribution < 1.29 is 24.2 Å². The third-order valence-electron chi connectivity index (χ3n) is 6.88. The minimum absolute atomic E-state index is 0.0339. The highest BCUT2D eigenvalue weighted by Crippen LogP contribution is 2.31. The molecule has 0 heterocycles. The van der Waals surface area contributed by atoms with E-state index in [0.29, 0.717) is 30.7 Å². The number of phenolic OH excluding ortho intramolecular Hbond substituents is 1. The quantitative estimate of drug-likeness (QED) is 0.242. The normalized spacial score (nSPS) is 15.7. The Bertz CT molecular complexity index is 914. The molecule has 0 bridgehead atoms. The highest BCUT2D eigenvalue weighted by atomic mass is 32.2. The standard InChI is InChI=1S/C30H49N3O5S/c1-6-7-8-14-20-33(28(36)24(19-21-39-5)32-29(37)38-30(2,3)4)26(23-17-12-13-18-25(23)34)27(35)31-22-15-10-9-11-16-22/h12-13,17-18,22,24,26,34H,6-11,14-16,19-21H2,1-5H3,(H,31,35)(H,32,37). The number of para-hydroxylation sites is 1. The van der Waals surface area contributed by atoms with E-state index in [1.165, 1.54) is 0 Å². The Morgan fingerprint density at radius 3 is 2.41 bits per heavy atom. The first-order chi connectivity index (χ1) is 18.6. The monoisotopic (exact) mass is 563 g/mol. The van der Waals surface area contributed by atoms with Crippen molar-refractivity contribution >= 4 is 29.7 Å². The number of carbonyl (C=O) groups excluding carboxylic acids is 3. The molecule has 3 N–H and O–H groups in total. The summed E-state index contributed by atoms with van der Waals surface area (Å²) in [4.78, 5) is 42.4. The van der Waals surface area contributed by atoms with Crippen LogP contribution in [0.5, 0.6) is 5.75 Å². The van der Waals surface area contributed by atoms with Crippen LogP contribution in [0.2, 0.25) is 0 Å². The molecule has 0 saturated heterocycles. The van der Waals surface area contributed by atoms with Gasteiger partial charge in [0.05, 0.1) is 0 Å². The van der Waals surface area contributed by atoms with Gasteiger partial charge in [0, 0.05) is 18.2 Å². The van der Waals surface area contributed by atoms with E-state index < -0.39 is 23.8 Å². The van der Waals surface area contributed by atoms with Crippen LogP contribution in [-0.4, -0.2) is 64.2 Å². The lowest BCUT2D eigenvalue weighted by Gasteiger charge is -2.36. The van der Waals surface area contributed by atoms with Gasteiger partial charge in [-0.3, -0.25) is 9.59 Å². The molecule has 0 spiro atoms. The Balaban J connectivity index is 2.45. The van der Waals surface area contributed by atoms with E-state index in [9.17, 15) is 19.5 Å². The summed E-state index contributed by atoms with van der Waals surface area (Å²) in [6.07, 6.45) is 10.4. The van der Waals surface area contributed by atoms with E-state index in [4.69, 9.17) is 4.74 Å². The van der Waals surface area contributed by atoms with Gasteiger partial charge in [-0.2, -0.15) is 11.8 Å². The van der Waals surface area contributed by atoms with Crippen LogP contribution in [0.15, 0.2) is 24.3 Å². The number of alkyl carbamates (subject to hydrolysis) is 1. The number of benzene rings is 1. The minimum atomic E-state index is -1.01. The molecule has 1 aromatic rings. The predicted octanol–water partition coefficient (Wildman–Crippen LogP) is 5.94. The van der Waals surface area contributed by atoms with Crippen LogP contribution in [0, 0.1) is 0 Å². The van der Waals surface area contributed by atoms with Crippen molar-refractivity contribution in [3.05, 3.63) is 29.8 Å². The highest BCUT2D eigenvalue weighted by molar-refractivity contribution is 7.98. The molecule has 9 heteroatoms. The summed E-state index contributed by atoms with van der Waals surface area (Å²) in [5.41, 5.74) is -0.328. The van der Waals surface area contributed by atoms with Crippen molar-refractivity contribution in [2.24, 2.45) is 0 Å². The van der Waals surface area contributed by atoms with Crippen molar-refractivity contribution in [3.63, 3.8) is 0 Å². The summed E-state index contributed by atoms with van der Waals surface area (Å²) >= 11 is 1.58. The van der Waals surface area contributed by atoms with Crippen LogP contribution in [0.4, 0.5) is 4.79 Å². The van der Waals surface area contributed by atoms with Crippen molar-refractivity contribution in [2.75, 3.05) is 18.6 Å². The molecule has 2 unspecified atom stereocenters. The Kier molecular flexibility index (Phi) is 14.0. The number of nitrogens with one attached hydrogen (secondary N) is 2. The third kappa shape index (κ3) is 11.3. The maximum atomic E-state index is 14.2. The van der Waals surface area contributed by atoms with Crippen LogP contribution < -0.4 is 10.6 Å². The lowest BCUT2D eigenvalue weighted by molar-refractivity contribution is -0.143. The van der Waals surface area contributed by atoms with Crippen LogP contribution in [-0.2, 0) is 14.3 Å². The number of carbonyl (C=O) groups is 3. The van der Waals surface area contributed by atoms with Crippen molar-refractivity contribution in [2.45, 2.75) is 116 Å². The molecule has 0 aliphatic heterocycles. The molecule has 1 fully saturated rings. The zero-order valence-electron chi connectivity index (χ0n) is 24.5. The number of thioether (sulfide) groups is 1. The molecule has 1 aromatic carbocycles. The average Bonchev–Trinajstić information content (AvgIpc) is 2.88. The van der Waals surface area contributed by atoms with Crippen LogP contribution in [0.25, 0.3) is 0 Å². The van der Waals surface area contributed by atoms with E-state index in [1.807, 2.05) is 6.26 Å². The first-order valence-corrected chi connectivity index (χ1v) is 15.8. The van der Waals surface area contributed by atoms with E-state index in [1.54, 1.807) is 61.7 Å². The molecular weight excluding hydrogens is 514 g/mol. The fraction of sp³-hybridized carbons (Fsp3) is 0.700. The summed E-state index contributed by atoms with van der Waals surface area (Å²) in [6, 6.07) is 4.87. The number of rotatable bonds is 14. The number of nitrogens with zero attached hydrogens (tertiary/aromatic N) is 1. The molecule has 0 aromatic heterocycles. The fourth-order valence-electron chi connectivity index (χ4n) is 4.91. The largest absolute Gasteiger partial charge is 0.508 e. The Morgan fingerprint density at radius 1 is 1.10 bits per heavy atom. The van der Waals surface area contributed by atoms with Crippen molar-refractivity contribution in [1.82, 2.24) is 15.5 Å². The summed E-state index contributed by atoms with van der Waals surface area (Å²) in [7, 11) is 0. The van der Waals surface area contributed by atoms with Crippen LogP contribution in [0.1, 0.15) is 104 Å².